The van der Waals surface area contributed by atoms with Crippen molar-refractivity contribution in [2.24, 2.45) is 10.3 Å². The van der Waals surface area contributed by atoms with Crippen molar-refractivity contribution < 1.29 is 22.8 Å². The van der Waals surface area contributed by atoms with E-state index in [1.165, 1.54) is 13.2 Å². The number of hydrogen-bond donors (Lipinski definition) is 1. The quantitative estimate of drug-likeness (QED) is 0.442. The molecule has 0 fully saturated rings. The van der Waals surface area contributed by atoms with Crippen LogP contribution in [0.15, 0.2) is 58.8 Å². The Morgan fingerprint density at radius 2 is 1.87 bits per heavy atom. The smallest absolute Gasteiger partial charge is 0.399 e. The van der Waals surface area contributed by atoms with Crippen molar-refractivity contribution in [2.75, 3.05) is 7.11 Å². The molecule has 162 valence electrons. The van der Waals surface area contributed by atoms with Gasteiger partial charge in [0.25, 0.3) is 0 Å². The van der Waals surface area contributed by atoms with Gasteiger partial charge in [-0.2, -0.15) is 18.3 Å². The molecule has 10 heteroatoms. The fourth-order valence-corrected chi connectivity index (χ4v) is 2.80. The number of aryl methyl sites for hydroxylation is 1. The minimum atomic E-state index is -4.42. The molecule has 1 N–H and O–H groups in total. The lowest BCUT2D eigenvalue weighted by Crippen LogP contribution is -2.10. The molecule has 3 rings (SSSR count). The summed E-state index contributed by atoms with van der Waals surface area (Å²) in [4.78, 5) is 14.7. The second-order valence-electron chi connectivity index (χ2n) is 6.55. The highest BCUT2D eigenvalue weighted by Gasteiger charge is 2.30. The minimum Gasteiger partial charge on any atom is -0.399 e. The number of nitrogens with zero attached hydrogens (tertiary/aromatic N) is 4. The lowest BCUT2D eigenvalue weighted by molar-refractivity contribution is -0.137. The van der Waals surface area contributed by atoms with Gasteiger partial charge in [-0.15, -0.1) is 0 Å². The van der Waals surface area contributed by atoms with Crippen LogP contribution in [-0.2, 0) is 22.5 Å². The molecule has 1 heterocycles. The largest absolute Gasteiger partial charge is 0.416 e. The Morgan fingerprint density at radius 3 is 2.55 bits per heavy atom. The van der Waals surface area contributed by atoms with Crippen LogP contribution in [0.3, 0.4) is 0 Å². The molecular formula is C21H20F3N5O2. The Kier molecular flexibility index (Phi) is 6.68. The fraction of sp³-hybridized carbons (Fsp3) is 0.238. The summed E-state index contributed by atoms with van der Waals surface area (Å²) in [5.74, 6) is 0.976. The van der Waals surface area contributed by atoms with Gasteiger partial charge in [0.15, 0.2) is 5.71 Å². The van der Waals surface area contributed by atoms with Crippen LogP contribution in [0.25, 0.3) is 0 Å². The van der Waals surface area contributed by atoms with Crippen molar-refractivity contribution in [2.45, 2.75) is 26.6 Å². The molecule has 0 atom stereocenters. The third-order valence-corrected chi connectivity index (χ3v) is 4.29. The number of oxime groups is 2. The highest BCUT2D eigenvalue weighted by Crippen LogP contribution is 2.29. The Bertz CT molecular complexity index is 1110. The maximum Gasteiger partial charge on any atom is 0.416 e. The van der Waals surface area contributed by atoms with Gasteiger partial charge in [0.1, 0.15) is 19.5 Å². The van der Waals surface area contributed by atoms with E-state index in [1.54, 1.807) is 19.9 Å². The molecule has 31 heavy (non-hydrogen) atoms. The van der Waals surface area contributed by atoms with Crippen molar-refractivity contribution in [3.8, 4) is 0 Å². The highest BCUT2D eigenvalue weighted by atomic mass is 19.4. The van der Waals surface area contributed by atoms with E-state index in [4.69, 9.17) is 9.68 Å². The molecule has 0 bridgehead atoms. The number of hydrogen-bond acceptors (Lipinski definition) is 6. The Morgan fingerprint density at radius 1 is 1.10 bits per heavy atom. The van der Waals surface area contributed by atoms with E-state index in [0.717, 1.165) is 17.7 Å². The maximum atomic E-state index is 12.9. The number of aromatic amines is 1. The first-order chi connectivity index (χ1) is 14.8. The highest BCUT2D eigenvalue weighted by molar-refractivity contribution is 6.11. The van der Waals surface area contributed by atoms with Crippen LogP contribution >= 0.6 is 0 Å². The van der Waals surface area contributed by atoms with E-state index in [2.05, 4.69) is 25.5 Å². The summed E-state index contributed by atoms with van der Waals surface area (Å²) in [5, 5.41) is 14.9. The number of aromatic nitrogens is 3. The van der Waals surface area contributed by atoms with E-state index < -0.39 is 11.7 Å². The zero-order valence-electron chi connectivity index (χ0n) is 17.1. The summed E-state index contributed by atoms with van der Waals surface area (Å²) >= 11 is 0. The fourth-order valence-electron chi connectivity index (χ4n) is 2.80. The Labute approximate surface area is 176 Å². The number of halogens is 3. The van der Waals surface area contributed by atoms with Crippen molar-refractivity contribution in [1.29, 1.82) is 0 Å². The lowest BCUT2D eigenvalue weighted by atomic mass is 10.0. The molecule has 0 amide bonds. The normalized spacial score (nSPS) is 12.7. The molecule has 0 radical (unpaired) electrons. The summed E-state index contributed by atoms with van der Waals surface area (Å²) in [6.07, 6.45) is -4.42. The van der Waals surface area contributed by atoms with E-state index >= 15 is 0 Å². The summed E-state index contributed by atoms with van der Waals surface area (Å²) in [6.45, 7) is 3.40. The average molecular weight is 431 g/mol. The van der Waals surface area contributed by atoms with E-state index in [0.29, 0.717) is 34.2 Å². The average Bonchev–Trinajstić information content (AvgIpc) is 3.18. The molecule has 0 aliphatic heterocycles. The van der Waals surface area contributed by atoms with Crippen LogP contribution in [0.2, 0.25) is 0 Å². The van der Waals surface area contributed by atoms with Crippen LogP contribution in [-0.4, -0.2) is 33.7 Å². The van der Waals surface area contributed by atoms with Crippen LogP contribution in [0.4, 0.5) is 13.2 Å². The second kappa shape index (κ2) is 9.41. The van der Waals surface area contributed by atoms with Crippen LogP contribution < -0.4 is 0 Å². The van der Waals surface area contributed by atoms with Crippen molar-refractivity contribution in [3.63, 3.8) is 0 Å². The number of benzene rings is 2. The summed E-state index contributed by atoms with van der Waals surface area (Å²) in [7, 11) is 1.42. The van der Waals surface area contributed by atoms with E-state index in [9.17, 15) is 13.2 Å². The number of alkyl halides is 3. The number of H-pyrrole nitrogens is 1. The van der Waals surface area contributed by atoms with Gasteiger partial charge in [-0.3, -0.25) is 5.10 Å². The van der Waals surface area contributed by atoms with Gasteiger partial charge < -0.3 is 9.68 Å². The molecule has 7 nitrogen and oxygen atoms in total. The number of rotatable bonds is 7. The topological polar surface area (TPSA) is 84.8 Å². The monoisotopic (exact) mass is 431 g/mol. The number of nitrogens with one attached hydrogen (secondary N) is 1. The minimum absolute atomic E-state index is 0.0542. The van der Waals surface area contributed by atoms with Crippen molar-refractivity contribution in [3.05, 3.63) is 82.4 Å². The molecular weight excluding hydrogens is 411 g/mol. The third kappa shape index (κ3) is 5.47. The molecule has 0 unspecified atom stereocenters. The van der Waals surface area contributed by atoms with Gasteiger partial charge >= 0.3 is 6.18 Å². The zero-order chi connectivity index (χ0) is 22.4. The SMILES string of the molecule is CO/N=C(/c1n[nH]c(C)n1)c1ccccc1CO/N=C(\C)c1cccc(C(F)(F)F)c1. The van der Waals surface area contributed by atoms with Crippen LogP contribution in [0.5, 0.6) is 0 Å². The first-order valence-electron chi connectivity index (χ1n) is 9.22. The molecule has 0 saturated heterocycles. The predicted octanol–water partition coefficient (Wildman–Crippen LogP) is 4.47. The summed E-state index contributed by atoms with van der Waals surface area (Å²) < 4.78 is 38.8. The van der Waals surface area contributed by atoms with Gasteiger partial charge in [0.2, 0.25) is 5.82 Å². The zero-order valence-corrected chi connectivity index (χ0v) is 17.1. The predicted molar refractivity (Wildman–Crippen MR) is 109 cm³/mol. The van der Waals surface area contributed by atoms with E-state index in [-0.39, 0.29) is 6.61 Å². The van der Waals surface area contributed by atoms with Crippen LogP contribution in [0, 0.1) is 6.92 Å². The summed E-state index contributed by atoms with van der Waals surface area (Å²) in [6, 6.07) is 12.2. The van der Waals surface area contributed by atoms with Gasteiger partial charge in [0, 0.05) is 11.1 Å². The molecule has 3 aromatic rings. The maximum absolute atomic E-state index is 12.9. The Hall–Kier alpha value is -3.69. The molecule has 0 aliphatic rings. The van der Waals surface area contributed by atoms with Gasteiger partial charge in [-0.1, -0.05) is 46.7 Å². The van der Waals surface area contributed by atoms with E-state index in [1.807, 2.05) is 24.3 Å². The van der Waals surface area contributed by atoms with Gasteiger partial charge in [0.05, 0.1) is 11.3 Å². The van der Waals surface area contributed by atoms with Crippen LogP contribution in [0.1, 0.15) is 40.8 Å². The van der Waals surface area contributed by atoms with Gasteiger partial charge in [-0.25, -0.2) is 4.98 Å². The standard InChI is InChI=1S/C21H20F3N5O2/c1-13(15-8-6-9-17(11-15)21(22,23)24)28-31-12-16-7-4-5-10-18(16)19(29-30-3)20-25-14(2)26-27-20/h4-11H,12H2,1-3H3,(H,25,26,27)/b28-13+,29-19+. The molecule has 1 aromatic heterocycles. The molecule has 0 spiro atoms. The molecule has 2 aromatic carbocycles. The second-order valence-corrected chi connectivity index (χ2v) is 6.55. The third-order valence-electron chi connectivity index (χ3n) is 4.29. The van der Waals surface area contributed by atoms with Crippen molar-refractivity contribution >= 4 is 11.4 Å². The summed E-state index contributed by atoms with van der Waals surface area (Å²) in [5.41, 5.74) is 1.70. The van der Waals surface area contributed by atoms with Crippen molar-refractivity contribution in [1.82, 2.24) is 15.2 Å². The first kappa shape index (κ1) is 22.0. The Balaban J connectivity index is 1.81. The first-order valence-corrected chi connectivity index (χ1v) is 9.22. The molecule has 0 saturated carbocycles. The molecule has 0 aliphatic carbocycles. The lowest BCUT2D eigenvalue weighted by Gasteiger charge is -2.10. The van der Waals surface area contributed by atoms with Gasteiger partial charge in [-0.05, 0) is 31.5 Å².